The number of hydrogen-bond acceptors (Lipinski definition) is 0. The van der Waals surface area contributed by atoms with Crippen LogP contribution in [0.2, 0.25) is 24.2 Å². The van der Waals surface area contributed by atoms with Gasteiger partial charge in [-0.25, -0.2) is 0 Å². The highest BCUT2D eigenvalue weighted by Crippen LogP contribution is 2.28. The fraction of sp³-hybridized carbons (Fsp3) is 0.833. The summed E-state index contributed by atoms with van der Waals surface area (Å²) in [4.78, 5) is 0. The van der Waals surface area contributed by atoms with Crippen molar-refractivity contribution in [2.24, 2.45) is 0 Å². The van der Waals surface area contributed by atoms with Crippen LogP contribution in [-0.2, 0) is 0 Å². The second-order valence-electron chi connectivity index (χ2n) is 4.13. The van der Waals surface area contributed by atoms with Crippen LogP contribution in [0.15, 0.2) is 12.2 Å². The van der Waals surface area contributed by atoms with Crippen molar-refractivity contribution in [3.8, 4) is 0 Å². The van der Waals surface area contributed by atoms with Crippen molar-refractivity contribution < 1.29 is 0 Å². The van der Waals surface area contributed by atoms with E-state index in [2.05, 4.69) is 39.8 Å². The molecule has 0 amide bonds. The summed E-state index contributed by atoms with van der Waals surface area (Å²) in [7, 11) is -0.877. The minimum absolute atomic E-state index is 0.877. The van der Waals surface area contributed by atoms with E-state index in [0.717, 1.165) is 0 Å². The zero-order valence-corrected chi connectivity index (χ0v) is 10.9. The van der Waals surface area contributed by atoms with E-state index in [1.165, 1.54) is 37.0 Å². The molecule has 0 fully saturated rings. The first-order valence-corrected chi connectivity index (χ1v) is 8.68. The molecule has 0 saturated carbocycles. The molecule has 0 radical (unpaired) electrons. The highest BCUT2D eigenvalue weighted by atomic mass is 28.3. The zero-order valence-electron chi connectivity index (χ0n) is 9.90. The summed E-state index contributed by atoms with van der Waals surface area (Å²) in [6.07, 6.45) is 7.40. The van der Waals surface area contributed by atoms with Crippen molar-refractivity contribution in [2.45, 2.75) is 64.7 Å². The molecule has 78 valence electrons. The van der Waals surface area contributed by atoms with Crippen molar-refractivity contribution in [3.63, 3.8) is 0 Å². The maximum Gasteiger partial charge on any atom is 0.0570 e. The van der Waals surface area contributed by atoms with Crippen LogP contribution < -0.4 is 0 Å². The van der Waals surface area contributed by atoms with Gasteiger partial charge in [0, 0.05) is 0 Å². The Labute approximate surface area is 85.4 Å². The molecule has 0 aliphatic heterocycles. The van der Waals surface area contributed by atoms with Crippen LogP contribution in [0.3, 0.4) is 0 Å². The van der Waals surface area contributed by atoms with Gasteiger partial charge in [0.15, 0.2) is 0 Å². The van der Waals surface area contributed by atoms with Gasteiger partial charge in [0.05, 0.1) is 8.07 Å². The third kappa shape index (κ3) is 4.66. The molecule has 0 spiro atoms. The maximum atomic E-state index is 2.40. The van der Waals surface area contributed by atoms with Crippen LogP contribution in [0, 0.1) is 0 Å². The van der Waals surface area contributed by atoms with E-state index in [9.17, 15) is 0 Å². The molecule has 0 unspecified atom stereocenters. The first-order chi connectivity index (χ1) is 6.24. The second kappa shape index (κ2) is 7.37. The summed E-state index contributed by atoms with van der Waals surface area (Å²) in [5.74, 6) is 0. The highest BCUT2D eigenvalue weighted by Gasteiger charge is 2.26. The average molecular weight is 198 g/mol. The smallest absolute Gasteiger partial charge is 0.0570 e. The molecule has 0 rings (SSSR count). The minimum atomic E-state index is -0.877. The molecule has 1 heteroatoms. The second-order valence-corrected chi connectivity index (χ2v) is 9.24. The molecule has 0 aliphatic rings. The minimum Gasteiger partial charge on any atom is -0.0919 e. The van der Waals surface area contributed by atoms with Gasteiger partial charge in [-0.1, -0.05) is 63.9 Å². The van der Waals surface area contributed by atoms with E-state index in [1.807, 2.05) is 0 Å². The van der Waals surface area contributed by atoms with Crippen molar-refractivity contribution in [1.82, 2.24) is 0 Å². The van der Waals surface area contributed by atoms with Crippen LogP contribution in [0.4, 0.5) is 0 Å². The highest BCUT2D eigenvalue weighted by molar-refractivity contribution is 6.80. The van der Waals surface area contributed by atoms with Crippen LogP contribution in [0.1, 0.15) is 40.5 Å². The number of rotatable bonds is 7. The lowest BCUT2D eigenvalue weighted by atomic mass is 10.6. The van der Waals surface area contributed by atoms with Gasteiger partial charge in [-0.15, -0.1) is 0 Å². The van der Waals surface area contributed by atoms with E-state index in [1.54, 1.807) is 0 Å². The first kappa shape index (κ1) is 13.0. The van der Waals surface area contributed by atoms with Gasteiger partial charge in [0.25, 0.3) is 0 Å². The van der Waals surface area contributed by atoms with Crippen LogP contribution in [0.5, 0.6) is 0 Å². The van der Waals surface area contributed by atoms with E-state index < -0.39 is 8.07 Å². The van der Waals surface area contributed by atoms with Gasteiger partial charge >= 0.3 is 0 Å². The molecule has 0 aromatic carbocycles. The molecule has 0 saturated heterocycles. The Bertz CT molecular complexity index is 132. The van der Waals surface area contributed by atoms with Crippen molar-refractivity contribution >= 4 is 8.07 Å². The van der Waals surface area contributed by atoms with Crippen molar-refractivity contribution in [3.05, 3.63) is 12.2 Å². The summed E-state index contributed by atoms with van der Waals surface area (Å²) in [5, 5.41) is 0. The quantitative estimate of drug-likeness (QED) is 0.405. The third-order valence-electron chi connectivity index (χ3n) is 3.10. The summed E-state index contributed by atoms with van der Waals surface area (Å²) >= 11 is 0. The molecular weight excluding hydrogens is 172 g/mol. The molecule has 0 nitrogen and oxygen atoms in total. The van der Waals surface area contributed by atoms with Crippen LogP contribution in [-0.4, -0.2) is 8.07 Å². The van der Waals surface area contributed by atoms with Gasteiger partial charge < -0.3 is 0 Å². The summed E-state index contributed by atoms with van der Waals surface area (Å²) in [6, 6.07) is 5.95. The van der Waals surface area contributed by atoms with Crippen molar-refractivity contribution in [2.75, 3.05) is 0 Å². The fourth-order valence-corrected chi connectivity index (χ4v) is 6.77. The third-order valence-corrected chi connectivity index (χ3v) is 8.82. The Morgan fingerprint density at radius 2 is 1.54 bits per heavy atom. The normalized spacial score (nSPS) is 12.6. The summed E-state index contributed by atoms with van der Waals surface area (Å²) < 4.78 is 0. The lowest BCUT2D eigenvalue weighted by Gasteiger charge is -2.28. The van der Waals surface area contributed by atoms with Crippen LogP contribution in [0.25, 0.3) is 0 Å². The Morgan fingerprint density at radius 3 is 1.85 bits per heavy atom. The lowest BCUT2D eigenvalue weighted by molar-refractivity contribution is 0.952. The number of hydrogen-bond donors (Lipinski definition) is 0. The standard InChI is InChI=1S/C12H26Si/c1-5-9-12-13(8-4,10-6-2)11-7-3/h5,9H,6-8,10-12H2,1-4H3. The fourth-order valence-electron chi connectivity index (χ4n) is 2.26. The van der Waals surface area contributed by atoms with Gasteiger partial charge in [-0.05, 0) is 13.0 Å². The van der Waals surface area contributed by atoms with E-state index in [0.29, 0.717) is 0 Å². The molecule has 0 bridgehead atoms. The Morgan fingerprint density at radius 1 is 1.00 bits per heavy atom. The SMILES string of the molecule is CC=CC[Si](CC)(CCC)CCC. The summed E-state index contributed by atoms with van der Waals surface area (Å²) in [6.45, 7) is 9.22. The molecule has 13 heavy (non-hydrogen) atoms. The number of allylic oxidation sites excluding steroid dienone is 2. The van der Waals surface area contributed by atoms with Gasteiger partial charge in [0.2, 0.25) is 0 Å². The molecule has 0 heterocycles. The summed E-state index contributed by atoms with van der Waals surface area (Å²) in [5.41, 5.74) is 0. The van der Waals surface area contributed by atoms with Gasteiger partial charge in [-0.2, -0.15) is 0 Å². The molecule has 0 aromatic rings. The average Bonchev–Trinajstić information content (AvgIpc) is 2.15. The first-order valence-electron chi connectivity index (χ1n) is 5.85. The molecule has 0 aliphatic carbocycles. The lowest BCUT2D eigenvalue weighted by Crippen LogP contribution is -2.31. The topological polar surface area (TPSA) is 0 Å². The Balaban J connectivity index is 4.24. The predicted octanol–water partition coefficient (Wildman–Crippen LogP) is 4.85. The largest absolute Gasteiger partial charge is 0.0919 e. The van der Waals surface area contributed by atoms with Crippen molar-refractivity contribution in [1.29, 1.82) is 0 Å². The van der Waals surface area contributed by atoms with E-state index in [4.69, 9.17) is 0 Å². The Kier molecular flexibility index (Phi) is 7.34. The van der Waals surface area contributed by atoms with Gasteiger partial charge in [-0.3, -0.25) is 0 Å². The molecule has 0 N–H and O–H groups in total. The van der Waals surface area contributed by atoms with E-state index >= 15 is 0 Å². The molecule has 0 aromatic heterocycles. The molecular formula is C12H26Si. The maximum absolute atomic E-state index is 2.40. The monoisotopic (exact) mass is 198 g/mol. The zero-order chi connectivity index (χ0) is 10.2. The predicted molar refractivity (Wildman–Crippen MR) is 66.1 cm³/mol. The van der Waals surface area contributed by atoms with Gasteiger partial charge in [0.1, 0.15) is 0 Å². The van der Waals surface area contributed by atoms with Crippen LogP contribution >= 0.6 is 0 Å². The Hall–Kier alpha value is -0.0431. The molecule has 0 atom stereocenters. The van der Waals surface area contributed by atoms with E-state index in [-0.39, 0.29) is 0 Å².